The number of halogens is 1. The van der Waals surface area contributed by atoms with Crippen molar-refractivity contribution in [2.24, 2.45) is 5.41 Å². The molecule has 0 fully saturated rings. The first kappa shape index (κ1) is 10.4. The van der Waals surface area contributed by atoms with Crippen LogP contribution in [-0.2, 0) is 0 Å². The van der Waals surface area contributed by atoms with Gasteiger partial charge in [-0.1, -0.05) is 29.8 Å². The van der Waals surface area contributed by atoms with Crippen LogP contribution < -0.4 is 0 Å². The van der Waals surface area contributed by atoms with E-state index in [1.165, 1.54) is 12.8 Å². The largest absolute Gasteiger partial charge is 0.396 e. The molecule has 0 atom stereocenters. The fourth-order valence-electron chi connectivity index (χ4n) is 0.973. The van der Waals surface area contributed by atoms with Crippen LogP contribution in [-0.4, -0.2) is 17.0 Å². The van der Waals surface area contributed by atoms with Crippen LogP contribution in [0.15, 0.2) is 0 Å². The van der Waals surface area contributed by atoms with E-state index in [1.54, 1.807) is 0 Å². The van der Waals surface area contributed by atoms with Gasteiger partial charge in [-0.15, -0.1) is 0 Å². The quantitative estimate of drug-likeness (QED) is 0.690. The Balaban J connectivity index is 3.42. The Kier molecular flexibility index (Phi) is 5.36. The van der Waals surface area contributed by atoms with Crippen molar-refractivity contribution in [1.29, 1.82) is 0 Å². The van der Waals surface area contributed by atoms with Crippen molar-refractivity contribution in [3.63, 3.8) is 0 Å². The average Bonchev–Trinajstić information content (AvgIpc) is 1.84. The minimum absolute atomic E-state index is 0.315. The monoisotopic (exact) mass is 208 g/mol. The molecule has 0 aliphatic rings. The van der Waals surface area contributed by atoms with Crippen molar-refractivity contribution in [2.45, 2.75) is 33.1 Å². The molecule has 1 N–H and O–H groups in total. The van der Waals surface area contributed by atoms with Gasteiger partial charge >= 0.3 is 0 Å². The van der Waals surface area contributed by atoms with E-state index in [2.05, 4.69) is 29.8 Å². The first-order valence-corrected chi connectivity index (χ1v) is 4.91. The summed E-state index contributed by atoms with van der Waals surface area (Å²) < 4.78 is 0. The van der Waals surface area contributed by atoms with E-state index in [1.807, 2.05) is 0 Å². The fourth-order valence-corrected chi connectivity index (χ4v) is 1.25. The molecule has 0 radical (unpaired) electrons. The molecule has 0 aromatic rings. The number of aliphatic hydroxyl groups is 1. The summed E-state index contributed by atoms with van der Waals surface area (Å²) in [6.45, 7) is 4.72. The third-order valence-corrected chi connectivity index (χ3v) is 2.34. The number of alkyl halides is 1. The Hall–Kier alpha value is 0.440. The molecular formula is C8H17BrO. The standard InChI is InChI=1S/C8H17BrO/c1-8(2,5-7-10)4-3-6-9/h10H,3-7H2,1-2H3. The second-order valence-corrected chi connectivity index (χ2v) is 4.22. The molecular weight excluding hydrogens is 192 g/mol. The molecule has 0 spiro atoms. The summed E-state index contributed by atoms with van der Waals surface area (Å²) in [5.74, 6) is 0. The summed E-state index contributed by atoms with van der Waals surface area (Å²) in [6, 6.07) is 0. The number of aliphatic hydroxyl groups excluding tert-OH is 1. The second kappa shape index (κ2) is 5.14. The van der Waals surface area contributed by atoms with E-state index < -0.39 is 0 Å². The van der Waals surface area contributed by atoms with Gasteiger partial charge in [-0.25, -0.2) is 0 Å². The van der Waals surface area contributed by atoms with Crippen LogP contribution in [0.3, 0.4) is 0 Å². The van der Waals surface area contributed by atoms with Gasteiger partial charge in [0.25, 0.3) is 0 Å². The van der Waals surface area contributed by atoms with Crippen molar-refractivity contribution >= 4 is 15.9 Å². The van der Waals surface area contributed by atoms with Crippen molar-refractivity contribution in [3.05, 3.63) is 0 Å². The van der Waals surface area contributed by atoms with Gasteiger partial charge in [-0.05, 0) is 24.7 Å². The summed E-state index contributed by atoms with van der Waals surface area (Å²) in [5.41, 5.74) is 0.322. The number of rotatable bonds is 5. The third-order valence-electron chi connectivity index (χ3n) is 1.78. The van der Waals surface area contributed by atoms with Crippen LogP contribution in [0.2, 0.25) is 0 Å². The zero-order valence-electron chi connectivity index (χ0n) is 6.86. The maximum Gasteiger partial charge on any atom is 0.0436 e. The summed E-state index contributed by atoms with van der Waals surface area (Å²) in [7, 11) is 0. The predicted octanol–water partition coefficient (Wildman–Crippen LogP) is 2.57. The predicted molar refractivity (Wildman–Crippen MR) is 48.5 cm³/mol. The Labute approximate surface area is 72.0 Å². The lowest BCUT2D eigenvalue weighted by atomic mass is 9.85. The summed E-state index contributed by atoms with van der Waals surface area (Å²) in [5, 5.41) is 9.76. The number of hydrogen-bond donors (Lipinski definition) is 1. The van der Waals surface area contributed by atoms with E-state index >= 15 is 0 Å². The van der Waals surface area contributed by atoms with Crippen LogP contribution in [0.25, 0.3) is 0 Å². The van der Waals surface area contributed by atoms with Crippen LogP contribution >= 0.6 is 15.9 Å². The van der Waals surface area contributed by atoms with Crippen molar-refractivity contribution in [1.82, 2.24) is 0 Å². The van der Waals surface area contributed by atoms with Gasteiger partial charge in [-0.3, -0.25) is 0 Å². The minimum atomic E-state index is 0.315. The maximum absolute atomic E-state index is 8.69. The maximum atomic E-state index is 8.69. The summed E-state index contributed by atoms with van der Waals surface area (Å²) in [6.07, 6.45) is 3.31. The molecule has 0 saturated heterocycles. The molecule has 0 saturated carbocycles. The lowest BCUT2D eigenvalue weighted by molar-refractivity contribution is 0.201. The first-order chi connectivity index (χ1) is 4.62. The van der Waals surface area contributed by atoms with Gasteiger partial charge in [-0.2, -0.15) is 0 Å². The van der Waals surface area contributed by atoms with Gasteiger partial charge in [0, 0.05) is 11.9 Å². The van der Waals surface area contributed by atoms with E-state index in [0.717, 1.165) is 11.8 Å². The van der Waals surface area contributed by atoms with Gasteiger partial charge < -0.3 is 5.11 Å². The molecule has 10 heavy (non-hydrogen) atoms. The van der Waals surface area contributed by atoms with Gasteiger partial charge in [0.15, 0.2) is 0 Å². The fraction of sp³-hybridized carbons (Fsp3) is 1.00. The minimum Gasteiger partial charge on any atom is -0.396 e. The van der Waals surface area contributed by atoms with Crippen LogP contribution in [0.5, 0.6) is 0 Å². The summed E-state index contributed by atoms with van der Waals surface area (Å²) >= 11 is 3.39. The molecule has 0 bridgehead atoms. The van der Waals surface area contributed by atoms with E-state index in [9.17, 15) is 0 Å². The van der Waals surface area contributed by atoms with Crippen LogP contribution in [0, 0.1) is 5.41 Å². The lowest BCUT2D eigenvalue weighted by Crippen LogP contribution is -2.13. The third kappa shape index (κ3) is 5.24. The number of hydrogen-bond acceptors (Lipinski definition) is 1. The highest BCUT2D eigenvalue weighted by Gasteiger charge is 2.15. The smallest absolute Gasteiger partial charge is 0.0436 e. The molecule has 0 aromatic heterocycles. The van der Waals surface area contributed by atoms with E-state index in [-0.39, 0.29) is 0 Å². The molecule has 0 aliphatic heterocycles. The molecule has 0 aromatic carbocycles. The summed E-state index contributed by atoms with van der Waals surface area (Å²) in [4.78, 5) is 0. The van der Waals surface area contributed by atoms with E-state index in [4.69, 9.17) is 5.11 Å². The van der Waals surface area contributed by atoms with Gasteiger partial charge in [0.05, 0.1) is 0 Å². The molecule has 62 valence electrons. The van der Waals surface area contributed by atoms with E-state index in [0.29, 0.717) is 12.0 Å². The molecule has 1 nitrogen and oxygen atoms in total. The van der Waals surface area contributed by atoms with Crippen molar-refractivity contribution in [3.8, 4) is 0 Å². The normalized spacial score (nSPS) is 12.0. The highest BCUT2D eigenvalue weighted by molar-refractivity contribution is 9.09. The highest BCUT2D eigenvalue weighted by Crippen LogP contribution is 2.26. The second-order valence-electron chi connectivity index (χ2n) is 3.43. The Morgan fingerprint density at radius 2 is 1.90 bits per heavy atom. The Morgan fingerprint density at radius 1 is 1.30 bits per heavy atom. The average molecular weight is 209 g/mol. The topological polar surface area (TPSA) is 20.2 Å². The van der Waals surface area contributed by atoms with Gasteiger partial charge in [0.2, 0.25) is 0 Å². The zero-order chi connectivity index (χ0) is 8.04. The molecule has 0 aliphatic carbocycles. The Morgan fingerprint density at radius 3 is 2.30 bits per heavy atom. The highest BCUT2D eigenvalue weighted by atomic mass is 79.9. The van der Waals surface area contributed by atoms with Crippen molar-refractivity contribution < 1.29 is 5.11 Å². The molecule has 2 heteroatoms. The van der Waals surface area contributed by atoms with Gasteiger partial charge in [0.1, 0.15) is 0 Å². The molecule has 0 amide bonds. The zero-order valence-corrected chi connectivity index (χ0v) is 8.45. The molecule has 0 unspecified atom stereocenters. The van der Waals surface area contributed by atoms with Crippen molar-refractivity contribution in [2.75, 3.05) is 11.9 Å². The first-order valence-electron chi connectivity index (χ1n) is 3.79. The van der Waals surface area contributed by atoms with Crippen LogP contribution in [0.4, 0.5) is 0 Å². The lowest BCUT2D eigenvalue weighted by Gasteiger charge is -2.22. The van der Waals surface area contributed by atoms with Crippen LogP contribution in [0.1, 0.15) is 33.1 Å². The SMILES string of the molecule is CC(C)(CCO)CCCBr. The molecule has 0 heterocycles. The Bertz CT molecular complexity index is 81.3. The molecule has 0 rings (SSSR count).